The summed E-state index contributed by atoms with van der Waals surface area (Å²) in [6.07, 6.45) is 4.17. The van der Waals surface area contributed by atoms with Crippen LogP contribution in [0.2, 0.25) is 19.6 Å². The highest BCUT2D eigenvalue weighted by Gasteiger charge is 2.07. The summed E-state index contributed by atoms with van der Waals surface area (Å²) in [7, 11) is 0.850. The Morgan fingerprint density at radius 1 is 1.13 bits per heavy atom. The third kappa shape index (κ3) is 10.3. The van der Waals surface area contributed by atoms with Crippen molar-refractivity contribution >= 4 is 19.4 Å². The van der Waals surface area contributed by atoms with E-state index in [1.807, 2.05) is 12.1 Å². The van der Waals surface area contributed by atoms with Gasteiger partial charge in [0.15, 0.2) is 0 Å². The SMILES string of the molecule is CCN(C/C=C/C#C[Si](C)(C)C)Cc1cccc(OCCN(C)Cc2ccsc2)c1. The maximum atomic E-state index is 6.01. The maximum Gasteiger partial charge on any atom is 0.129 e. The van der Waals surface area contributed by atoms with E-state index in [1.165, 1.54) is 11.1 Å². The molecule has 0 aliphatic heterocycles. The molecule has 0 aliphatic rings. The number of benzene rings is 1. The predicted molar refractivity (Wildman–Crippen MR) is 134 cm³/mol. The molecule has 0 aliphatic carbocycles. The van der Waals surface area contributed by atoms with E-state index >= 15 is 0 Å². The topological polar surface area (TPSA) is 15.7 Å². The van der Waals surface area contributed by atoms with Gasteiger partial charge in [0.1, 0.15) is 20.4 Å². The Morgan fingerprint density at radius 3 is 2.67 bits per heavy atom. The van der Waals surface area contributed by atoms with Gasteiger partial charge in [-0.15, -0.1) is 5.54 Å². The second-order valence-corrected chi connectivity index (χ2v) is 14.1. The third-order valence-corrected chi connectivity index (χ3v) is 6.16. The van der Waals surface area contributed by atoms with Crippen LogP contribution in [-0.2, 0) is 13.1 Å². The zero-order valence-corrected chi connectivity index (χ0v) is 21.0. The molecule has 3 nitrogen and oxygen atoms in total. The summed E-state index contributed by atoms with van der Waals surface area (Å²) in [6.45, 7) is 14.4. The fraction of sp³-hybridized carbons (Fsp3) is 0.440. The number of allylic oxidation sites excluding steroid dienone is 1. The lowest BCUT2D eigenvalue weighted by atomic mass is 10.2. The van der Waals surface area contributed by atoms with Crippen molar-refractivity contribution in [2.75, 3.05) is 33.3 Å². The average molecular weight is 441 g/mol. The lowest BCUT2D eigenvalue weighted by Gasteiger charge is -2.19. The Morgan fingerprint density at radius 2 is 1.97 bits per heavy atom. The summed E-state index contributed by atoms with van der Waals surface area (Å²) in [5.41, 5.74) is 6.02. The Bertz CT molecular complexity index is 831. The lowest BCUT2D eigenvalue weighted by molar-refractivity contribution is 0.232. The van der Waals surface area contributed by atoms with Gasteiger partial charge in [0, 0.05) is 26.2 Å². The molecule has 0 radical (unpaired) electrons. The minimum atomic E-state index is -1.29. The molecule has 0 atom stereocenters. The highest BCUT2D eigenvalue weighted by molar-refractivity contribution is 7.07. The summed E-state index contributed by atoms with van der Waals surface area (Å²) in [4.78, 5) is 4.70. The van der Waals surface area contributed by atoms with Crippen molar-refractivity contribution in [3.63, 3.8) is 0 Å². The molecule has 1 heterocycles. The smallest absolute Gasteiger partial charge is 0.129 e. The second kappa shape index (κ2) is 12.8. The number of rotatable bonds is 11. The van der Waals surface area contributed by atoms with Gasteiger partial charge in [0.05, 0.1) is 0 Å². The van der Waals surface area contributed by atoms with Gasteiger partial charge < -0.3 is 4.74 Å². The molecule has 30 heavy (non-hydrogen) atoms. The molecule has 0 N–H and O–H groups in total. The number of hydrogen-bond acceptors (Lipinski definition) is 4. The summed E-state index contributed by atoms with van der Waals surface area (Å²) < 4.78 is 6.01. The van der Waals surface area contributed by atoms with Crippen LogP contribution < -0.4 is 4.74 Å². The largest absolute Gasteiger partial charge is 0.492 e. The fourth-order valence-electron chi connectivity index (χ4n) is 2.91. The van der Waals surface area contributed by atoms with E-state index in [9.17, 15) is 0 Å². The van der Waals surface area contributed by atoms with E-state index in [2.05, 4.69) is 96.0 Å². The minimum absolute atomic E-state index is 0.695. The van der Waals surface area contributed by atoms with E-state index in [0.717, 1.165) is 38.5 Å². The fourth-order valence-corrected chi connectivity index (χ4v) is 4.08. The number of likely N-dealkylation sites (N-methyl/N-ethyl adjacent to an activating group) is 2. The van der Waals surface area contributed by atoms with Gasteiger partial charge in [-0.05, 0) is 59.8 Å². The second-order valence-electron chi connectivity index (χ2n) is 8.61. The van der Waals surface area contributed by atoms with Crippen LogP contribution in [0.3, 0.4) is 0 Å². The van der Waals surface area contributed by atoms with Crippen LogP contribution in [0, 0.1) is 11.5 Å². The van der Waals surface area contributed by atoms with Crippen molar-refractivity contribution in [2.45, 2.75) is 39.7 Å². The highest BCUT2D eigenvalue weighted by atomic mass is 32.1. The quantitative estimate of drug-likeness (QED) is 0.338. The molecule has 1 aromatic heterocycles. The highest BCUT2D eigenvalue weighted by Crippen LogP contribution is 2.15. The average Bonchev–Trinajstić information content (AvgIpc) is 3.19. The summed E-state index contributed by atoms with van der Waals surface area (Å²) in [5, 5.41) is 4.33. The molecule has 0 unspecified atom stereocenters. The van der Waals surface area contributed by atoms with Crippen LogP contribution in [0.4, 0.5) is 0 Å². The Hall–Kier alpha value is -1.84. The molecule has 0 amide bonds. The minimum Gasteiger partial charge on any atom is -0.492 e. The Kier molecular flexibility index (Phi) is 10.4. The zero-order valence-electron chi connectivity index (χ0n) is 19.1. The lowest BCUT2D eigenvalue weighted by Crippen LogP contribution is -2.24. The number of ether oxygens (including phenoxy) is 1. The summed E-state index contributed by atoms with van der Waals surface area (Å²) in [5.74, 6) is 4.15. The molecule has 5 heteroatoms. The number of nitrogens with zero attached hydrogens (tertiary/aromatic N) is 2. The van der Waals surface area contributed by atoms with Crippen molar-refractivity contribution in [1.29, 1.82) is 0 Å². The van der Waals surface area contributed by atoms with E-state index in [0.29, 0.717) is 6.61 Å². The van der Waals surface area contributed by atoms with Crippen LogP contribution in [0.5, 0.6) is 5.75 Å². The number of thiophene rings is 1. The molecule has 0 bridgehead atoms. The van der Waals surface area contributed by atoms with Gasteiger partial charge in [-0.3, -0.25) is 9.80 Å². The maximum absolute atomic E-state index is 6.01. The first kappa shape index (κ1) is 24.4. The first-order valence-electron chi connectivity index (χ1n) is 10.7. The van der Waals surface area contributed by atoms with E-state index in [4.69, 9.17) is 4.74 Å². The van der Waals surface area contributed by atoms with E-state index < -0.39 is 8.07 Å². The van der Waals surface area contributed by atoms with Gasteiger partial charge in [-0.25, -0.2) is 0 Å². The molecule has 0 spiro atoms. The van der Waals surface area contributed by atoms with Crippen molar-refractivity contribution in [1.82, 2.24) is 9.80 Å². The predicted octanol–water partition coefficient (Wildman–Crippen LogP) is 5.52. The summed E-state index contributed by atoms with van der Waals surface area (Å²) in [6, 6.07) is 10.6. The van der Waals surface area contributed by atoms with Gasteiger partial charge in [0.2, 0.25) is 0 Å². The third-order valence-electron chi connectivity index (χ3n) is 4.54. The number of hydrogen-bond donors (Lipinski definition) is 0. The Balaban J connectivity index is 1.78. The molecule has 2 rings (SSSR count). The van der Waals surface area contributed by atoms with Crippen molar-refractivity contribution in [2.24, 2.45) is 0 Å². The van der Waals surface area contributed by atoms with Crippen LogP contribution in [0.15, 0.2) is 53.2 Å². The molecule has 0 fully saturated rings. The van der Waals surface area contributed by atoms with E-state index in [1.54, 1.807) is 11.3 Å². The zero-order chi connectivity index (χ0) is 21.8. The van der Waals surface area contributed by atoms with Gasteiger partial charge in [-0.1, -0.05) is 50.7 Å². The molecule has 162 valence electrons. The molecule has 2 aromatic rings. The normalized spacial score (nSPS) is 11.8. The van der Waals surface area contributed by atoms with Crippen LogP contribution in [0.25, 0.3) is 0 Å². The van der Waals surface area contributed by atoms with Crippen LogP contribution in [0.1, 0.15) is 18.1 Å². The first-order valence-corrected chi connectivity index (χ1v) is 15.1. The van der Waals surface area contributed by atoms with Crippen molar-refractivity contribution in [3.8, 4) is 17.2 Å². The van der Waals surface area contributed by atoms with Gasteiger partial charge in [0.25, 0.3) is 0 Å². The standard InChI is InChI=1S/C25H36N2OSSi/c1-6-27(14-8-7-9-18-30(3,4)5)21-23-11-10-12-25(19-23)28-16-15-26(2)20-24-13-17-29-22-24/h7-8,10-13,17,19,22H,6,14-16,20-21H2,1-5H3/b8-7+. The van der Waals surface area contributed by atoms with Gasteiger partial charge >= 0.3 is 0 Å². The van der Waals surface area contributed by atoms with Crippen LogP contribution in [-0.4, -0.2) is 51.2 Å². The molecule has 0 saturated carbocycles. The monoisotopic (exact) mass is 440 g/mol. The van der Waals surface area contributed by atoms with Crippen LogP contribution >= 0.6 is 11.3 Å². The molecular formula is C25H36N2OSSi. The van der Waals surface area contributed by atoms with E-state index in [-0.39, 0.29) is 0 Å². The molecular weight excluding hydrogens is 404 g/mol. The first-order chi connectivity index (χ1) is 14.4. The Labute approximate surface area is 188 Å². The van der Waals surface area contributed by atoms with Gasteiger partial charge in [-0.2, -0.15) is 11.3 Å². The molecule has 0 saturated heterocycles. The molecule has 1 aromatic carbocycles. The summed E-state index contributed by atoms with van der Waals surface area (Å²) >= 11 is 1.75. The van der Waals surface area contributed by atoms with Crippen molar-refractivity contribution < 1.29 is 4.74 Å². The van der Waals surface area contributed by atoms with Crippen molar-refractivity contribution in [3.05, 3.63) is 64.4 Å².